The summed E-state index contributed by atoms with van der Waals surface area (Å²) in [6.45, 7) is 2.06. The zero-order valence-corrected chi connectivity index (χ0v) is 4.02. The number of aryl methyl sites for hydroxylation is 1. The topological polar surface area (TPSA) is 12.4 Å². The highest BCUT2D eigenvalue weighted by molar-refractivity contribution is 5.19. The van der Waals surface area contributed by atoms with Gasteiger partial charge in [-0.25, -0.2) is 0 Å². The largest absolute Gasteiger partial charge is 0.288 e. The summed E-state index contributed by atoms with van der Waals surface area (Å²) in [6.07, 6.45) is 0. The number of hydrogen-bond acceptors (Lipinski definition) is 1. The van der Waals surface area contributed by atoms with Crippen LogP contribution in [-0.4, -0.2) is 7.05 Å². The monoisotopic (exact) mass is 81.1 g/mol. The summed E-state index contributed by atoms with van der Waals surface area (Å²) in [7, 11) is 1.81. The molecule has 0 saturated carbocycles. The van der Waals surface area contributed by atoms with Crippen molar-refractivity contribution in [1.29, 1.82) is 0 Å². The molecule has 0 aliphatic heterocycles. The highest BCUT2D eigenvalue weighted by Crippen LogP contribution is 1.87. The normalized spacial score (nSPS) is 14.0. The summed E-state index contributed by atoms with van der Waals surface area (Å²) in [6, 6.07) is 2.06. The van der Waals surface area contributed by atoms with E-state index in [1.807, 2.05) is 7.05 Å². The fourth-order valence-corrected chi connectivity index (χ4v) is 0.410. The van der Waals surface area contributed by atoms with Crippen LogP contribution in [0.4, 0.5) is 0 Å². The van der Waals surface area contributed by atoms with E-state index in [1.54, 1.807) is 0 Å². The summed E-state index contributed by atoms with van der Waals surface area (Å²) in [4.78, 5) is 3.91. The van der Waals surface area contributed by atoms with Crippen molar-refractivity contribution in [3.05, 3.63) is 17.0 Å². The molecule has 1 nitrogen and oxygen atoms in total. The molecule has 0 aliphatic rings. The average Bonchev–Trinajstić information content (AvgIpc) is 2.19. The molecule has 0 atom stereocenters. The van der Waals surface area contributed by atoms with Crippen LogP contribution in [0.25, 0.3) is 0 Å². The Balaban J connectivity index is 2.94. The van der Waals surface area contributed by atoms with Gasteiger partial charge < -0.3 is 0 Å². The Kier molecular flexibility index (Phi) is 0.560. The molecule has 0 N–H and O–H groups in total. The Morgan fingerprint density at radius 2 is 2.17 bits per heavy atom. The summed E-state index contributed by atoms with van der Waals surface area (Å²) >= 11 is 0. The minimum Gasteiger partial charge on any atom is -0.288 e. The predicted octanol–water partition coefficient (Wildman–Crippen LogP) is 0.401. The summed E-state index contributed by atoms with van der Waals surface area (Å²) < 4.78 is 0. The fourth-order valence-electron chi connectivity index (χ4n) is 0.410. The molecule has 0 saturated heterocycles. The maximum Gasteiger partial charge on any atom is 0.0604 e. The summed E-state index contributed by atoms with van der Waals surface area (Å²) in [5.41, 5.74) is 1.33. The lowest BCUT2D eigenvalue weighted by Crippen LogP contribution is -1.76. The molecule has 0 unspecified atom stereocenters. The molecule has 0 radical (unpaired) electrons. The third-order valence-corrected chi connectivity index (χ3v) is 0.915. The summed E-state index contributed by atoms with van der Waals surface area (Å²) in [5.74, 6) is 0. The van der Waals surface area contributed by atoms with E-state index >= 15 is 0 Å². The smallest absolute Gasteiger partial charge is 0.0604 e. The molecule has 1 heteroatoms. The first-order valence-electron chi connectivity index (χ1n) is 2.00. The van der Waals surface area contributed by atoms with Crippen LogP contribution in [-0.2, 0) is 0 Å². The molecule has 0 heterocycles. The molecule has 1 aromatic carbocycles. The standard InChI is InChI=1S/C5H7N/c1-4-3-5(4)6-2/h3H,1-2H3. The molecular weight excluding hydrogens is 74.1 g/mol. The van der Waals surface area contributed by atoms with Gasteiger partial charge in [-0.05, 0) is 18.6 Å². The van der Waals surface area contributed by atoms with Gasteiger partial charge in [0.15, 0.2) is 0 Å². The fraction of sp³-hybridized carbons (Fsp3) is 0.400. The molecule has 0 amide bonds. The van der Waals surface area contributed by atoms with Crippen LogP contribution in [0.5, 0.6) is 0 Å². The Morgan fingerprint density at radius 1 is 1.67 bits per heavy atom. The van der Waals surface area contributed by atoms with Crippen molar-refractivity contribution < 1.29 is 0 Å². The van der Waals surface area contributed by atoms with E-state index in [0.29, 0.717) is 0 Å². The first kappa shape index (κ1) is 3.59. The highest BCUT2D eigenvalue weighted by atomic mass is 14.7. The van der Waals surface area contributed by atoms with E-state index < -0.39 is 0 Å². The van der Waals surface area contributed by atoms with Gasteiger partial charge in [0.05, 0.1) is 5.36 Å². The Morgan fingerprint density at radius 3 is 2.17 bits per heavy atom. The quantitative estimate of drug-likeness (QED) is 0.428. The Bertz CT molecular complexity index is 156. The maximum absolute atomic E-state index is 3.91. The Hall–Kier alpha value is -0.590. The Labute approximate surface area is 37.0 Å². The van der Waals surface area contributed by atoms with Crippen LogP contribution in [0.2, 0.25) is 0 Å². The highest BCUT2D eigenvalue weighted by Gasteiger charge is 1.92. The van der Waals surface area contributed by atoms with Crippen molar-refractivity contribution in [2.75, 3.05) is 7.05 Å². The molecule has 1 rings (SSSR count). The molecule has 0 bridgehead atoms. The van der Waals surface area contributed by atoms with Crippen LogP contribution < -0.4 is 5.36 Å². The third-order valence-electron chi connectivity index (χ3n) is 0.915. The first-order valence-corrected chi connectivity index (χ1v) is 2.00. The van der Waals surface area contributed by atoms with Gasteiger partial charge in [-0.1, -0.05) is 0 Å². The van der Waals surface area contributed by atoms with E-state index in [1.165, 1.54) is 10.9 Å². The van der Waals surface area contributed by atoms with Crippen molar-refractivity contribution in [2.45, 2.75) is 6.92 Å². The second kappa shape index (κ2) is 0.934. The van der Waals surface area contributed by atoms with E-state index in [9.17, 15) is 0 Å². The van der Waals surface area contributed by atoms with Crippen molar-refractivity contribution in [3.63, 3.8) is 0 Å². The molecule has 1 aromatic rings. The molecule has 32 valence electrons. The van der Waals surface area contributed by atoms with Crippen LogP contribution in [0, 0.1) is 6.92 Å². The van der Waals surface area contributed by atoms with Crippen LogP contribution >= 0.6 is 0 Å². The van der Waals surface area contributed by atoms with E-state index in [4.69, 9.17) is 0 Å². The molecule has 0 aliphatic carbocycles. The first-order chi connectivity index (χ1) is 2.84. The van der Waals surface area contributed by atoms with Crippen LogP contribution in [0.15, 0.2) is 11.1 Å². The zero-order chi connectivity index (χ0) is 4.57. The lowest BCUT2D eigenvalue weighted by atomic mass is 10.6. The molecule has 0 aromatic heterocycles. The molecule has 0 fully saturated rings. The lowest BCUT2D eigenvalue weighted by molar-refractivity contribution is 1.32. The minimum absolute atomic E-state index is 1.18. The molecular formula is C5H7N. The van der Waals surface area contributed by atoms with Crippen LogP contribution in [0.1, 0.15) is 5.56 Å². The number of nitrogens with zero attached hydrogens (tertiary/aromatic N) is 1. The van der Waals surface area contributed by atoms with Gasteiger partial charge in [0.25, 0.3) is 0 Å². The number of hydrogen-bond donors (Lipinski definition) is 0. The zero-order valence-electron chi connectivity index (χ0n) is 4.02. The SMILES string of the molecule is CN=c1cc1C. The van der Waals surface area contributed by atoms with Crippen molar-refractivity contribution >= 4 is 0 Å². The van der Waals surface area contributed by atoms with Gasteiger partial charge in [-0.2, -0.15) is 0 Å². The van der Waals surface area contributed by atoms with Crippen molar-refractivity contribution in [1.82, 2.24) is 0 Å². The molecule has 0 spiro atoms. The van der Waals surface area contributed by atoms with Gasteiger partial charge in [0.1, 0.15) is 0 Å². The second-order valence-electron chi connectivity index (χ2n) is 1.44. The van der Waals surface area contributed by atoms with E-state index in [0.717, 1.165) is 0 Å². The second-order valence-corrected chi connectivity index (χ2v) is 1.44. The maximum atomic E-state index is 3.91. The van der Waals surface area contributed by atoms with Crippen molar-refractivity contribution in [2.24, 2.45) is 4.99 Å². The average molecular weight is 81.1 g/mol. The lowest BCUT2D eigenvalue weighted by Gasteiger charge is -1.54. The van der Waals surface area contributed by atoms with E-state index in [2.05, 4.69) is 18.0 Å². The van der Waals surface area contributed by atoms with E-state index in [-0.39, 0.29) is 0 Å². The van der Waals surface area contributed by atoms with Gasteiger partial charge in [-0.3, -0.25) is 4.99 Å². The van der Waals surface area contributed by atoms with Crippen molar-refractivity contribution in [3.8, 4) is 0 Å². The third kappa shape index (κ3) is 0.361. The molecule has 6 heavy (non-hydrogen) atoms. The van der Waals surface area contributed by atoms with Gasteiger partial charge in [0.2, 0.25) is 0 Å². The van der Waals surface area contributed by atoms with Crippen LogP contribution in [0.3, 0.4) is 0 Å². The van der Waals surface area contributed by atoms with Gasteiger partial charge >= 0.3 is 0 Å². The van der Waals surface area contributed by atoms with Gasteiger partial charge in [-0.15, -0.1) is 0 Å². The summed E-state index contributed by atoms with van der Waals surface area (Å²) in [5, 5.41) is 1.18. The number of rotatable bonds is 0. The minimum atomic E-state index is 1.18. The van der Waals surface area contributed by atoms with Gasteiger partial charge in [0, 0.05) is 7.05 Å². The predicted molar refractivity (Wildman–Crippen MR) is 25.0 cm³/mol.